The average Bonchev–Trinajstić information content (AvgIpc) is 2.84. The summed E-state index contributed by atoms with van der Waals surface area (Å²) in [4.78, 5) is -0.578. The lowest BCUT2D eigenvalue weighted by molar-refractivity contribution is 0.472. The van der Waals surface area contributed by atoms with Gasteiger partial charge in [-0.15, -0.1) is 11.6 Å². The quantitative estimate of drug-likeness (QED) is 0.186. The van der Waals surface area contributed by atoms with Gasteiger partial charge in [0.05, 0.1) is 0 Å². The van der Waals surface area contributed by atoms with E-state index in [4.69, 9.17) is 11.6 Å². The minimum absolute atomic E-state index is 0.222. The van der Waals surface area contributed by atoms with E-state index in [0.717, 1.165) is 6.42 Å². The molecule has 0 aromatic heterocycles. The third kappa shape index (κ3) is 6.47. The van der Waals surface area contributed by atoms with E-state index in [9.17, 15) is 0 Å². The van der Waals surface area contributed by atoms with Gasteiger partial charge in [0.1, 0.15) is 4.87 Å². The van der Waals surface area contributed by atoms with Gasteiger partial charge in [-0.05, 0) is 23.1 Å². The Morgan fingerprint density at radius 2 is 1.00 bits per heavy atom. The van der Waals surface area contributed by atoms with Crippen LogP contribution >= 0.6 is 11.6 Å². The van der Waals surface area contributed by atoms with Crippen LogP contribution in [0.4, 0.5) is 0 Å². The van der Waals surface area contributed by atoms with Gasteiger partial charge < -0.3 is 0 Å². The van der Waals surface area contributed by atoms with Gasteiger partial charge in [-0.3, -0.25) is 0 Å². The lowest BCUT2D eigenvalue weighted by Gasteiger charge is -2.37. The van der Waals surface area contributed by atoms with Crippen LogP contribution in [-0.4, -0.2) is 0 Å². The molecule has 0 fully saturated rings. The monoisotopic (exact) mass is 432 g/mol. The molecule has 1 unspecified atom stereocenters. The summed E-state index contributed by atoms with van der Waals surface area (Å²) in [6.45, 7) is 2.28. The van der Waals surface area contributed by atoms with Crippen LogP contribution in [0.3, 0.4) is 0 Å². The van der Waals surface area contributed by atoms with E-state index in [1.165, 1.54) is 68.1 Å². The highest BCUT2D eigenvalue weighted by Gasteiger charge is 2.40. The number of hydrogen-bond acceptors (Lipinski definition) is 0. The van der Waals surface area contributed by atoms with E-state index in [-0.39, 0.29) is 5.92 Å². The van der Waals surface area contributed by atoms with E-state index in [1.54, 1.807) is 0 Å². The van der Waals surface area contributed by atoms with Crippen molar-refractivity contribution < 1.29 is 0 Å². The Morgan fingerprint density at radius 3 is 1.48 bits per heavy atom. The molecule has 0 saturated carbocycles. The third-order valence-electron chi connectivity index (χ3n) is 6.42. The number of alkyl halides is 1. The summed E-state index contributed by atoms with van der Waals surface area (Å²) in [7, 11) is 0. The Bertz CT molecular complexity index is 802. The molecular formula is C30H37Cl. The zero-order chi connectivity index (χ0) is 21.8. The van der Waals surface area contributed by atoms with E-state index >= 15 is 0 Å². The van der Waals surface area contributed by atoms with Gasteiger partial charge in [0.2, 0.25) is 0 Å². The normalized spacial score (nSPS) is 12.6. The molecule has 1 atom stereocenters. The summed E-state index contributed by atoms with van der Waals surface area (Å²) in [6, 6.07) is 32.2. The molecule has 0 aliphatic carbocycles. The highest BCUT2D eigenvalue weighted by atomic mass is 35.5. The maximum atomic E-state index is 7.69. The first-order valence-corrected chi connectivity index (χ1v) is 12.5. The highest BCUT2D eigenvalue weighted by Crippen LogP contribution is 2.50. The van der Waals surface area contributed by atoms with Crippen molar-refractivity contribution in [1.29, 1.82) is 0 Å². The van der Waals surface area contributed by atoms with Crippen LogP contribution in [0.25, 0.3) is 0 Å². The molecule has 0 amide bonds. The van der Waals surface area contributed by atoms with Gasteiger partial charge >= 0.3 is 0 Å². The van der Waals surface area contributed by atoms with Gasteiger partial charge in [-0.1, -0.05) is 149 Å². The average molecular weight is 433 g/mol. The zero-order valence-corrected chi connectivity index (χ0v) is 19.7. The highest BCUT2D eigenvalue weighted by molar-refractivity contribution is 6.26. The summed E-state index contributed by atoms with van der Waals surface area (Å²) >= 11 is 7.69. The number of unbranched alkanes of at least 4 members (excludes halogenated alkanes) is 7. The second kappa shape index (κ2) is 12.7. The van der Waals surface area contributed by atoms with Crippen molar-refractivity contribution >= 4 is 11.6 Å². The molecule has 0 aliphatic rings. The standard InChI is InChI=1S/C30H37Cl/c1-2-3-4-5-6-7-8-18-25-29(26-19-12-9-13-20-26)30(31,27-21-14-10-15-22-27)28-23-16-11-17-24-28/h9-17,19-24,29H,2-8,18,25H2,1H3. The van der Waals surface area contributed by atoms with Crippen LogP contribution in [0.15, 0.2) is 91.0 Å². The SMILES string of the molecule is CCCCCCCCCCC(c1ccccc1)C(Cl)(c1ccccc1)c1ccccc1. The number of hydrogen-bond donors (Lipinski definition) is 0. The van der Waals surface area contributed by atoms with E-state index in [2.05, 4.69) is 97.9 Å². The Hall–Kier alpha value is -2.05. The molecule has 0 nitrogen and oxygen atoms in total. The number of halogens is 1. The molecule has 3 rings (SSSR count). The van der Waals surface area contributed by atoms with E-state index in [0.29, 0.717) is 0 Å². The molecule has 31 heavy (non-hydrogen) atoms. The molecular weight excluding hydrogens is 396 g/mol. The maximum absolute atomic E-state index is 7.69. The first kappa shape index (κ1) is 23.6. The van der Waals surface area contributed by atoms with Crippen molar-refractivity contribution in [3.05, 3.63) is 108 Å². The maximum Gasteiger partial charge on any atom is 0.101 e. The number of rotatable bonds is 13. The van der Waals surface area contributed by atoms with Crippen LogP contribution in [0.2, 0.25) is 0 Å². The molecule has 0 saturated heterocycles. The molecule has 1 heteroatoms. The van der Waals surface area contributed by atoms with Crippen LogP contribution in [0, 0.1) is 0 Å². The van der Waals surface area contributed by atoms with Crippen molar-refractivity contribution in [1.82, 2.24) is 0 Å². The predicted octanol–water partition coefficient (Wildman–Crippen LogP) is 9.48. The fourth-order valence-electron chi connectivity index (χ4n) is 4.69. The van der Waals surface area contributed by atoms with Crippen molar-refractivity contribution in [3.8, 4) is 0 Å². The Kier molecular flexibility index (Phi) is 9.69. The Labute approximate surface area is 194 Å². The molecule has 0 N–H and O–H groups in total. The largest absolute Gasteiger partial charge is 0.108 e. The fraction of sp³-hybridized carbons (Fsp3) is 0.400. The van der Waals surface area contributed by atoms with Crippen molar-refractivity contribution in [2.24, 2.45) is 0 Å². The molecule has 0 bridgehead atoms. The van der Waals surface area contributed by atoms with Crippen LogP contribution in [0.5, 0.6) is 0 Å². The lowest BCUT2D eigenvalue weighted by Crippen LogP contribution is -2.29. The second-order valence-corrected chi connectivity index (χ2v) is 9.27. The molecule has 3 aromatic carbocycles. The molecule has 0 aliphatic heterocycles. The zero-order valence-electron chi connectivity index (χ0n) is 19.0. The first-order chi connectivity index (χ1) is 15.3. The van der Waals surface area contributed by atoms with Gasteiger partial charge in [-0.2, -0.15) is 0 Å². The topological polar surface area (TPSA) is 0 Å². The van der Waals surface area contributed by atoms with E-state index in [1.807, 2.05) is 0 Å². The molecule has 164 valence electrons. The van der Waals surface area contributed by atoms with E-state index < -0.39 is 4.87 Å². The molecule has 0 radical (unpaired) electrons. The minimum Gasteiger partial charge on any atom is -0.108 e. The van der Waals surface area contributed by atoms with Crippen LogP contribution in [0.1, 0.15) is 87.3 Å². The second-order valence-electron chi connectivity index (χ2n) is 8.67. The summed E-state index contributed by atoms with van der Waals surface area (Å²) in [5.41, 5.74) is 3.68. The van der Waals surface area contributed by atoms with Gasteiger partial charge in [-0.25, -0.2) is 0 Å². The Balaban J connectivity index is 1.82. The first-order valence-electron chi connectivity index (χ1n) is 12.1. The molecule has 0 heterocycles. The molecule has 0 spiro atoms. The third-order valence-corrected chi connectivity index (χ3v) is 7.12. The molecule has 3 aromatic rings. The smallest absolute Gasteiger partial charge is 0.101 e. The summed E-state index contributed by atoms with van der Waals surface area (Å²) in [5, 5.41) is 0. The minimum atomic E-state index is -0.578. The van der Waals surface area contributed by atoms with Crippen molar-refractivity contribution in [2.75, 3.05) is 0 Å². The predicted molar refractivity (Wildman–Crippen MR) is 136 cm³/mol. The van der Waals surface area contributed by atoms with Gasteiger partial charge in [0.25, 0.3) is 0 Å². The van der Waals surface area contributed by atoms with Crippen molar-refractivity contribution in [2.45, 2.75) is 75.5 Å². The summed E-state index contributed by atoms with van der Waals surface area (Å²) in [6.07, 6.45) is 11.7. The Morgan fingerprint density at radius 1 is 0.581 bits per heavy atom. The number of benzene rings is 3. The lowest BCUT2D eigenvalue weighted by atomic mass is 9.74. The van der Waals surface area contributed by atoms with Crippen LogP contribution < -0.4 is 0 Å². The van der Waals surface area contributed by atoms with Crippen molar-refractivity contribution in [3.63, 3.8) is 0 Å². The summed E-state index contributed by atoms with van der Waals surface area (Å²) < 4.78 is 0. The van der Waals surface area contributed by atoms with Gasteiger partial charge in [0.15, 0.2) is 0 Å². The van der Waals surface area contributed by atoms with Crippen LogP contribution in [-0.2, 0) is 4.87 Å². The van der Waals surface area contributed by atoms with Gasteiger partial charge in [0, 0.05) is 5.92 Å². The fourth-order valence-corrected chi connectivity index (χ4v) is 5.18. The summed E-state index contributed by atoms with van der Waals surface area (Å²) in [5.74, 6) is 0.222.